The third-order valence-corrected chi connectivity index (χ3v) is 4.73. The number of hydrogen-bond acceptors (Lipinski definition) is 5. The maximum Gasteiger partial charge on any atom is 0.308 e. The fraction of sp³-hybridized carbons (Fsp3) is 0.294. The molecule has 6 nitrogen and oxygen atoms in total. The van der Waals surface area contributed by atoms with Gasteiger partial charge < -0.3 is 19.9 Å². The lowest BCUT2D eigenvalue weighted by atomic mass is 10.0. The molecule has 1 atom stereocenters. The van der Waals surface area contributed by atoms with Gasteiger partial charge in [0, 0.05) is 10.4 Å². The highest BCUT2D eigenvalue weighted by Crippen LogP contribution is 2.34. The molecular formula is C17H17NO5S. The predicted molar refractivity (Wildman–Crippen MR) is 89.1 cm³/mol. The summed E-state index contributed by atoms with van der Waals surface area (Å²) in [5, 5.41) is 13.6. The van der Waals surface area contributed by atoms with E-state index in [2.05, 4.69) is 5.32 Å². The lowest BCUT2D eigenvalue weighted by Gasteiger charge is -2.27. The Balaban J connectivity index is 1.70. The molecule has 0 saturated carbocycles. The number of carboxylic acids is 1. The molecule has 1 aliphatic rings. The first-order chi connectivity index (χ1) is 11.6. The molecule has 0 spiro atoms. The molecule has 0 bridgehead atoms. The van der Waals surface area contributed by atoms with Crippen LogP contribution in [-0.2, 0) is 17.6 Å². The number of aliphatic carboxylic acids is 1. The Morgan fingerprint density at radius 1 is 1.42 bits per heavy atom. The quantitative estimate of drug-likeness (QED) is 0.865. The molecule has 7 heteroatoms. The topological polar surface area (TPSA) is 84.9 Å². The summed E-state index contributed by atoms with van der Waals surface area (Å²) in [5.74, 6) is 0.174. The van der Waals surface area contributed by atoms with E-state index in [1.165, 1.54) is 11.3 Å². The summed E-state index contributed by atoms with van der Waals surface area (Å²) in [4.78, 5) is 23.9. The summed E-state index contributed by atoms with van der Waals surface area (Å²) in [7, 11) is 1.59. The van der Waals surface area contributed by atoms with Gasteiger partial charge in [-0.15, -0.1) is 11.3 Å². The van der Waals surface area contributed by atoms with E-state index in [4.69, 9.17) is 14.6 Å². The Morgan fingerprint density at radius 2 is 2.25 bits per heavy atom. The highest BCUT2D eigenvalue weighted by molar-refractivity contribution is 7.10. The average molecular weight is 347 g/mol. The van der Waals surface area contributed by atoms with Crippen molar-refractivity contribution in [2.45, 2.75) is 18.9 Å². The summed E-state index contributed by atoms with van der Waals surface area (Å²) < 4.78 is 11.0. The number of amides is 1. The van der Waals surface area contributed by atoms with Crippen LogP contribution >= 0.6 is 11.3 Å². The van der Waals surface area contributed by atoms with Crippen molar-refractivity contribution in [3.63, 3.8) is 0 Å². The van der Waals surface area contributed by atoms with E-state index >= 15 is 0 Å². The minimum absolute atomic E-state index is 0.151. The number of thiophene rings is 1. The average Bonchev–Trinajstić information content (AvgIpc) is 3.01. The molecule has 2 N–H and O–H groups in total. The van der Waals surface area contributed by atoms with Crippen molar-refractivity contribution < 1.29 is 24.2 Å². The van der Waals surface area contributed by atoms with Gasteiger partial charge in [0.2, 0.25) is 0 Å². The number of ether oxygens (including phenoxy) is 2. The van der Waals surface area contributed by atoms with Gasteiger partial charge in [0.25, 0.3) is 5.91 Å². The molecule has 2 aromatic rings. The van der Waals surface area contributed by atoms with Gasteiger partial charge >= 0.3 is 5.97 Å². The SMILES string of the molecule is COc1cccc2c1OCC(NC(=O)c1ccsc1CC(=O)O)C2. The van der Waals surface area contributed by atoms with Crippen LogP contribution in [-0.4, -0.2) is 36.7 Å². The number of hydrogen-bond donors (Lipinski definition) is 2. The molecule has 0 radical (unpaired) electrons. The standard InChI is InChI=1S/C17H17NO5S/c1-22-13-4-2-3-10-7-11(9-23-16(10)13)18-17(21)12-5-6-24-14(12)8-15(19)20/h2-6,11H,7-9H2,1H3,(H,18,21)(H,19,20). The Hall–Kier alpha value is -2.54. The van der Waals surface area contributed by atoms with Gasteiger partial charge in [-0.2, -0.15) is 0 Å². The zero-order valence-corrected chi connectivity index (χ0v) is 13.9. The first-order valence-electron chi connectivity index (χ1n) is 7.46. The van der Waals surface area contributed by atoms with Crippen LogP contribution in [0.2, 0.25) is 0 Å². The molecule has 1 amide bonds. The third kappa shape index (κ3) is 3.35. The number of nitrogens with one attached hydrogen (secondary N) is 1. The van der Waals surface area contributed by atoms with Gasteiger partial charge in [0.05, 0.1) is 25.1 Å². The van der Waals surface area contributed by atoms with Crippen LogP contribution in [0.4, 0.5) is 0 Å². The van der Waals surface area contributed by atoms with Gasteiger partial charge in [-0.05, 0) is 23.9 Å². The first kappa shape index (κ1) is 16.3. The Kier molecular flexibility index (Phi) is 4.71. The van der Waals surface area contributed by atoms with Gasteiger partial charge in [0.15, 0.2) is 11.5 Å². The normalized spacial score (nSPS) is 16.0. The van der Waals surface area contributed by atoms with Gasteiger partial charge in [0.1, 0.15) is 6.61 Å². The summed E-state index contributed by atoms with van der Waals surface area (Å²) in [6.45, 7) is 0.345. The second-order valence-corrected chi connectivity index (χ2v) is 6.46. The number of carbonyl (C=O) groups is 2. The third-order valence-electron chi connectivity index (χ3n) is 3.81. The number of carbonyl (C=O) groups excluding carboxylic acids is 1. The fourth-order valence-corrected chi connectivity index (χ4v) is 3.59. The molecule has 24 heavy (non-hydrogen) atoms. The van der Waals surface area contributed by atoms with Crippen LogP contribution in [0.25, 0.3) is 0 Å². The Bertz CT molecular complexity index is 770. The maximum atomic E-state index is 12.4. The van der Waals surface area contributed by atoms with Crippen LogP contribution < -0.4 is 14.8 Å². The van der Waals surface area contributed by atoms with E-state index < -0.39 is 5.97 Å². The van der Waals surface area contributed by atoms with E-state index in [-0.39, 0.29) is 18.4 Å². The van der Waals surface area contributed by atoms with Crippen molar-refractivity contribution in [2.24, 2.45) is 0 Å². The summed E-state index contributed by atoms with van der Waals surface area (Å²) in [6.07, 6.45) is 0.484. The van der Waals surface area contributed by atoms with Crippen LogP contribution in [0.5, 0.6) is 11.5 Å². The lowest BCUT2D eigenvalue weighted by Crippen LogP contribution is -2.42. The Labute approximate surface area is 143 Å². The molecule has 0 aliphatic carbocycles. The molecule has 126 valence electrons. The zero-order chi connectivity index (χ0) is 17.1. The maximum absolute atomic E-state index is 12.4. The number of methoxy groups -OCH3 is 1. The predicted octanol–water partition coefficient (Wildman–Crippen LogP) is 2.12. The van der Waals surface area contributed by atoms with Crippen molar-refractivity contribution in [1.82, 2.24) is 5.32 Å². The van der Waals surface area contributed by atoms with Crippen molar-refractivity contribution in [3.05, 3.63) is 45.6 Å². The highest BCUT2D eigenvalue weighted by atomic mass is 32.1. The second kappa shape index (κ2) is 6.92. The van der Waals surface area contributed by atoms with Crippen molar-refractivity contribution in [2.75, 3.05) is 13.7 Å². The molecule has 3 rings (SSSR count). The highest BCUT2D eigenvalue weighted by Gasteiger charge is 2.25. The molecule has 1 aromatic carbocycles. The second-order valence-electron chi connectivity index (χ2n) is 5.46. The van der Waals surface area contributed by atoms with Gasteiger partial charge in [-0.1, -0.05) is 12.1 Å². The molecule has 1 aliphatic heterocycles. The van der Waals surface area contributed by atoms with Gasteiger partial charge in [-0.3, -0.25) is 9.59 Å². The lowest BCUT2D eigenvalue weighted by molar-refractivity contribution is -0.136. The van der Waals surface area contributed by atoms with E-state index in [0.29, 0.717) is 35.0 Å². The van der Waals surface area contributed by atoms with Crippen molar-refractivity contribution >= 4 is 23.2 Å². The smallest absolute Gasteiger partial charge is 0.308 e. The van der Waals surface area contributed by atoms with E-state index in [0.717, 1.165) is 5.56 Å². The minimum atomic E-state index is -0.950. The van der Waals surface area contributed by atoms with E-state index in [1.54, 1.807) is 18.6 Å². The van der Waals surface area contributed by atoms with E-state index in [1.807, 2.05) is 18.2 Å². The number of rotatable bonds is 5. The van der Waals surface area contributed by atoms with E-state index in [9.17, 15) is 9.59 Å². The van der Waals surface area contributed by atoms with Crippen molar-refractivity contribution in [1.29, 1.82) is 0 Å². The summed E-state index contributed by atoms with van der Waals surface area (Å²) >= 11 is 1.27. The number of para-hydroxylation sites is 1. The number of fused-ring (bicyclic) bond motifs is 1. The van der Waals surface area contributed by atoms with Crippen LogP contribution in [0.15, 0.2) is 29.6 Å². The Morgan fingerprint density at radius 3 is 3.00 bits per heavy atom. The first-order valence-corrected chi connectivity index (χ1v) is 8.34. The molecule has 1 unspecified atom stereocenters. The molecule has 1 aromatic heterocycles. The summed E-state index contributed by atoms with van der Waals surface area (Å²) in [6, 6.07) is 7.14. The number of carboxylic acid groups (broad SMARTS) is 1. The molecular weight excluding hydrogens is 330 g/mol. The minimum Gasteiger partial charge on any atom is -0.493 e. The van der Waals surface area contributed by atoms with Crippen LogP contribution in [0.1, 0.15) is 20.8 Å². The fourth-order valence-electron chi connectivity index (χ4n) is 2.73. The van der Waals surface area contributed by atoms with Crippen LogP contribution in [0.3, 0.4) is 0 Å². The van der Waals surface area contributed by atoms with Crippen LogP contribution in [0, 0.1) is 0 Å². The largest absolute Gasteiger partial charge is 0.493 e. The molecule has 0 saturated heterocycles. The monoisotopic (exact) mass is 347 g/mol. The molecule has 2 heterocycles. The van der Waals surface area contributed by atoms with Gasteiger partial charge in [-0.25, -0.2) is 0 Å². The summed E-state index contributed by atoms with van der Waals surface area (Å²) in [5.41, 5.74) is 1.39. The number of benzene rings is 1. The van der Waals surface area contributed by atoms with Crippen molar-refractivity contribution in [3.8, 4) is 11.5 Å². The zero-order valence-electron chi connectivity index (χ0n) is 13.1. The molecule has 0 fully saturated rings.